The van der Waals surface area contributed by atoms with Crippen LogP contribution in [0.25, 0.3) is 0 Å². The molecular formula is C16H22N2O9. The number of hydrogen-bond donors (Lipinski definition) is 3. The number of nitrogens with zero attached hydrogens (tertiary/aromatic N) is 2. The summed E-state index contributed by atoms with van der Waals surface area (Å²) in [6.45, 7) is -2.23. The molecule has 0 atom stereocenters. The summed E-state index contributed by atoms with van der Waals surface area (Å²) in [6.07, 6.45) is 3.29. The molecule has 0 heterocycles. The number of aliphatic hydroxyl groups excluding tert-OH is 3. The average molecular weight is 386 g/mol. The number of aliphatic imine (C=N–C) groups is 2. The van der Waals surface area contributed by atoms with E-state index in [1.807, 2.05) is 0 Å². The van der Waals surface area contributed by atoms with Crippen molar-refractivity contribution in [3.8, 4) is 0 Å². The first-order valence-electron chi connectivity index (χ1n) is 7.93. The monoisotopic (exact) mass is 386 g/mol. The van der Waals surface area contributed by atoms with E-state index < -0.39 is 37.2 Å². The van der Waals surface area contributed by atoms with Crippen LogP contribution in [-0.4, -0.2) is 85.5 Å². The van der Waals surface area contributed by atoms with Crippen molar-refractivity contribution in [2.24, 2.45) is 15.4 Å². The molecule has 0 aliphatic heterocycles. The molecule has 27 heavy (non-hydrogen) atoms. The topological polar surface area (TPSA) is 172 Å². The third-order valence-corrected chi connectivity index (χ3v) is 3.50. The van der Waals surface area contributed by atoms with Crippen LogP contribution in [0, 0.1) is 5.41 Å². The van der Waals surface area contributed by atoms with Crippen LogP contribution in [0.3, 0.4) is 0 Å². The summed E-state index contributed by atoms with van der Waals surface area (Å²) < 4.78 is 9.64. The Hall–Kier alpha value is -2.68. The van der Waals surface area contributed by atoms with E-state index in [1.54, 1.807) is 0 Å². The predicted molar refractivity (Wildman–Crippen MR) is 88.9 cm³/mol. The van der Waals surface area contributed by atoms with Crippen LogP contribution < -0.4 is 0 Å². The molecule has 3 N–H and O–H groups in total. The van der Waals surface area contributed by atoms with Crippen LogP contribution in [0.15, 0.2) is 21.6 Å². The van der Waals surface area contributed by atoms with Crippen LogP contribution >= 0.6 is 0 Å². The minimum Gasteiger partial charge on any atom is -0.461 e. The molecule has 0 aromatic rings. The Kier molecular flexibility index (Phi) is 13.0. The first kappa shape index (κ1) is 24.3. The molecule has 11 heteroatoms. The summed E-state index contributed by atoms with van der Waals surface area (Å²) in [5, 5.41) is 28.0. The molecule has 0 rings (SSSR count). The number of carbonyl (C=O) groups is 2. The van der Waals surface area contributed by atoms with E-state index in [9.17, 15) is 34.5 Å². The van der Waals surface area contributed by atoms with Crippen LogP contribution in [0.1, 0.15) is 12.8 Å². The molecule has 0 radical (unpaired) electrons. The molecule has 0 aromatic carbocycles. The standard InChI is InChI=1S/C16H22N2O9/c19-8-16(9-20,10-21)2-1-13(15(25)27-6-4-18-12-23)7-14(24)26-5-3-17-11-22/h7,19-21H,1-6,8-10H2/b13-7+. The molecule has 0 amide bonds. The van der Waals surface area contributed by atoms with Gasteiger partial charge in [-0.05, 0) is 12.8 Å². The van der Waals surface area contributed by atoms with Gasteiger partial charge >= 0.3 is 11.9 Å². The average Bonchev–Trinajstić information content (AvgIpc) is 2.69. The van der Waals surface area contributed by atoms with Crippen molar-refractivity contribution >= 4 is 24.1 Å². The summed E-state index contributed by atoms with van der Waals surface area (Å²) >= 11 is 0. The summed E-state index contributed by atoms with van der Waals surface area (Å²) in [6, 6.07) is 0. The Balaban J connectivity index is 5.09. The van der Waals surface area contributed by atoms with Gasteiger partial charge in [-0.1, -0.05) is 0 Å². The summed E-state index contributed by atoms with van der Waals surface area (Å²) in [5.74, 6) is -1.78. The highest BCUT2D eigenvalue weighted by molar-refractivity contribution is 5.96. The van der Waals surface area contributed by atoms with E-state index in [-0.39, 0.29) is 44.7 Å². The maximum Gasteiger partial charge on any atom is 0.334 e. The predicted octanol–water partition coefficient (Wildman–Crippen LogP) is -1.59. The van der Waals surface area contributed by atoms with Gasteiger partial charge in [0.15, 0.2) is 0 Å². The van der Waals surface area contributed by atoms with Gasteiger partial charge in [-0.15, -0.1) is 0 Å². The number of isocyanates is 2. The Morgan fingerprint density at radius 3 is 1.93 bits per heavy atom. The number of rotatable bonds is 14. The van der Waals surface area contributed by atoms with Gasteiger partial charge in [-0.3, -0.25) is 0 Å². The smallest absolute Gasteiger partial charge is 0.334 e. The van der Waals surface area contributed by atoms with E-state index in [0.29, 0.717) is 0 Å². The van der Waals surface area contributed by atoms with Crippen LogP contribution in [0.4, 0.5) is 0 Å². The van der Waals surface area contributed by atoms with Crippen molar-refractivity contribution in [1.82, 2.24) is 0 Å². The molecular weight excluding hydrogens is 364 g/mol. The van der Waals surface area contributed by atoms with E-state index in [2.05, 4.69) is 9.98 Å². The summed E-state index contributed by atoms with van der Waals surface area (Å²) in [5.41, 5.74) is -1.38. The third-order valence-electron chi connectivity index (χ3n) is 3.50. The maximum atomic E-state index is 12.1. The highest BCUT2D eigenvalue weighted by Gasteiger charge is 2.29. The van der Waals surface area contributed by atoms with Crippen molar-refractivity contribution < 1.29 is 44.0 Å². The van der Waals surface area contributed by atoms with Gasteiger partial charge in [0.1, 0.15) is 13.2 Å². The van der Waals surface area contributed by atoms with Gasteiger partial charge in [0, 0.05) is 17.1 Å². The largest absolute Gasteiger partial charge is 0.461 e. The SMILES string of the molecule is O=C=NCCOC(=O)/C=C(\CCC(CO)(CO)CO)C(=O)OCCN=C=O. The molecule has 0 aromatic heterocycles. The van der Waals surface area contributed by atoms with Gasteiger partial charge in [0.05, 0.1) is 32.9 Å². The molecule has 0 unspecified atom stereocenters. The zero-order valence-electron chi connectivity index (χ0n) is 14.6. The Labute approximate surface area is 155 Å². The second kappa shape index (κ2) is 14.5. The highest BCUT2D eigenvalue weighted by atomic mass is 16.5. The second-order valence-electron chi connectivity index (χ2n) is 5.39. The first-order valence-corrected chi connectivity index (χ1v) is 7.93. The van der Waals surface area contributed by atoms with Crippen molar-refractivity contribution in [3.63, 3.8) is 0 Å². The minimum absolute atomic E-state index is 0.0212. The highest BCUT2D eigenvalue weighted by Crippen LogP contribution is 2.25. The molecule has 11 nitrogen and oxygen atoms in total. The molecule has 150 valence electrons. The van der Waals surface area contributed by atoms with Gasteiger partial charge in [-0.2, -0.15) is 0 Å². The molecule has 0 bridgehead atoms. The van der Waals surface area contributed by atoms with E-state index in [4.69, 9.17) is 9.47 Å². The number of aliphatic hydroxyl groups is 3. The van der Waals surface area contributed by atoms with Crippen LogP contribution in [0.5, 0.6) is 0 Å². The van der Waals surface area contributed by atoms with Gasteiger partial charge in [0.2, 0.25) is 12.2 Å². The zero-order valence-corrected chi connectivity index (χ0v) is 14.6. The lowest BCUT2D eigenvalue weighted by Gasteiger charge is -2.27. The fraction of sp³-hybridized carbons (Fsp3) is 0.625. The normalized spacial score (nSPS) is 11.1. The lowest BCUT2D eigenvalue weighted by molar-refractivity contribution is -0.141. The first-order chi connectivity index (χ1) is 13.0. The number of ether oxygens (including phenoxy) is 2. The fourth-order valence-electron chi connectivity index (χ4n) is 1.76. The molecule has 0 spiro atoms. The van der Waals surface area contributed by atoms with E-state index in [0.717, 1.165) is 6.08 Å². The summed E-state index contributed by atoms with van der Waals surface area (Å²) in [7, 11) is 0. The Bertz CT molecular complexity index is 593. The number of carbonyl (C=O) groups excluding carboxylic acids is 4. The van der Waals surface area contributed by atoms with E-state index >= 15 is 0 Å². The lowest BCUT2D eigenvalue weighted by atomic mass is 9.84. The van der Waals surface area contributed by atoms with Crippen molar-refractivity contribution in [2.45, 2.75) is 12.8 Å². The summed E-state index contributed by atoms with van der Waals surface area (Å²) in [4.78, 5) is 50.2. The fourth-order valence-corrected chi connectivity index (χ4v) is 1.76. The quantitative estimate of drug-likeness (QED) is 0.105. The lowest BCUT2D eigenvalue weighted by Crippen LogP contribution is -2.34. The minimum atomic E-state index is -1.25. The Morgan fingerprint density at radius 1 is 0.926 bits per heavy atom. The zero-order chi connectivity index (χ0) is 20.5. The molecule has 0 aliphatic carbocycles. The van der Waals surface area contributed by atoms with Gasteiger partial charge < -0.3 is 24.8 Å². The Morgan fingerprint density at radius 2 is 1.44 bits per heavy atom. The van der Waals surface area contributed by atoms with Crippen LogP contribution in [0.2, 0.25) is 0 Å². The van der Waals surface area contributed by atoms with Crippen molar-refractivity contribution in [1.29, 1.82) is 0 Å². The van der Waals surface area contributed by atoms with Crippen molar-refractivity contribution in [2.75, 3.05) is 46.1 Å². The molecule has 0 fully saturated rings. The molecule has 0 saturated heterocycles. The van der Waals surface area contributed by atoms with Gasteiger partial charge in [0.25, 0.3) is 0 Å². The maximum absolute atomic E-state index is 12.1. The second-order valence-corrected chi connectivity index (χ2v) is 5.39. The number of hydrogen-bond acceptors (Lipinski definition) is 11. The van der Waals surface area contributed by atoms with Crippen LogP contribution in [-0.2, 0) is 28.7 Å². The third kappa shape index (κ3) is 10.1. The van der Waals surface area contributed by atoms with Gasteiger partial charge in [-0.25, -0.2) is 29.2 Å². The van der Waals surface area contributed by atoms with Crippen molar-refractivity contribution in [3.05, 3.63) is 11.6 Å². The van der Waals surface area contributed by atoms with E-state index in [1.165, 1.54) is 12.2 Å². The molecule has 0 saturated carbocycles. The molecule has 0 aliphatic rings. The number of esters is 2.